The van der Waals surface area contributed by atoms with Gasteiger partial charge in [0, 0.05) is 0 Å². The summed E-state index contributed by atoms with van der Waals surface area (Å²) in [6.07, 6.45) is 1.41. The van der Waals surface area contributed by atoms with Crippen LogP contribution >= 0.6 is 0 Å². The standard InChI is InChI=1S/C22H20N2O5S/c1-28-22(25)19-11-7-18(8-12-19)16-29-20-13-9-17(10-14-20)15-23-24-30(26,27)21-5-3-2-4-6-21/h2-15,24H,16H2,1H3/b23-15+. The maximum atomic E-state index is 12.1. The maximum Gasteiger partial charge on any atom is 0.337 e. The van der Waals surface area contributed by atoms with Crippen molar-refractivity contribution in [2.75, 3.05) is 7.11 Å². The lowest BCUT2D eigenvalue weighted by molar-refractivity contribution is 0.0600. The fourth-order valence-corrected chi connectivity index (χ4v) is 3.31. The van der Waals surface area contributed by atoms with Crippen LogP contribution in [0.1, 0.15) is 21.5 Å². The van der Waals surface area contributed by atoms with E-state index in [2.05, 4.69) is 14.7 Å². The van der Waals surface area contributed by atoms with Crippen LogP contribution < -0.4 is 9.57 Å². The predicted octanol–water partition coefficient (Wildman–Crippen LogP) is 3.36. The Morgan fingerprint density at radius 3 is 2.27 bits per heavy atom. The number of hydrogen-bond donors (Lipinski definition) is 1. The molecule has 0 radical (unpaired) electrons. The molecule has 0 aliphatic heterocycles. The molecule has 0 atom stereocenters. The highest BCUT2D eigenvalue weighted by Gasteiger charge is 2.11. The van der Waals surface area contributed by atoms with Crippen LogP contribution in [0, 0.1) is 0 Å². The summed E-state index contributed by atoms with van der Waals surface area (Å²) >= 11 is 0. The number of esters is 1. The zero-order chi connectivity index (χ0) is 21.4. The Bertz CT molecular complexity index is 1110. The summed E-state index contributed by atoms with van der Waals surface area (Å²) < 4.78 is 34.6. The average Bonchev–Trinajstić information content (AvgIpc) is 2.79. The van der Waals surface area contributed by atoms with Gasteiger partial charge < -0.3 is 9.47 Å². The second-order valence-electron chi connectivity index (χ2n) is 6.21. The first-order chi connectivity index (χ1) is 14.5. The molecule has 0 unspecified atom stereocenters. The van der Waals surface area contributed by atoms with Gasteiger partial charge in [0.05, 0.1) is 23.8 Å². The van der Waals surface area contributed by atoms with E-state index in [-0.39, 0.29) is 10.9 Å². The van der Waals surface area contributed by atoms with E-state index in [1.165, 1.54) is 25.5 Å². The van der Waals surface area contributed by atoms with Crippen molar-refractivity contribution in [3.8, 4) is 5.75 Å². The lowest BCUT2D eigenvalue weighted by atomic mass is 10.1. The van der Waals surface area contributed by atoms with Gasteiger partial charge in [0.2, 0.25) is 0 Å². The Hall–Kier alpha value is -3.65. The minimum Gasteiger partial charge on any atom is -0.489 e. The van der Waals surface area contributed by atoms with E-state index in [9.17, 15) is 13.2 Å². The lowest BCUT2D eigenvalue weighted by Crippen LogP contribution is -2.18. The van der Waals surface area contributed by atoms with E-state index in [0.717, 1.165) is 5.56 Å². The first-order valence-corrected chi connectivity index (χ1v) is 10.5. The van der Waals surface area contributed by atoms with Gasteiger partial charge in [-0.3, -0.25) is 0 Å². The minimum atomic E-state index is -3.69. The van der Waals surface area contributed by atoms with Gasteiger partial charge in [0.1, 0.15) is 12.4 Å². The second kappa shape index (κ2) is 9.71. The Labute approximate surface area is 175 Å². The van der Waals surface area contributed by atoms with Crippen LogP contribution in [0.25, 0.3) is 0 Å². The molecule has 1 N–H and O–H groups in total. The van der Waals surface area contributed by atoms with Gasteiger partial charge in [-0.05, 0) is 59.7 Å². The third-order valence-corrected chi connectivity index (χ3v) is 5.34. The summed E-state index contributed by atoms with van der Waals surface area (Å²) in [5, 5.41) is 3.80. The fraction of sp³-hybridized carbons (Fsp3) is 0.0909. The van der Waals surface area contributed by atoms with E-state index in [1.807, 2.05) is 0 Å². The number of rotatable bonds is 8. The van der Waals surface area contributed by atoms with E-state index in [0.29, 0.717) is 23.5 Å². The summed E-state index contributed by atoms with van der Waals surface area (Å²) in [5.41, 5.74) is 2.09. The number of sulfonamides is 1. The number of hydrogen-bond acceptors (Lipinski definition) is 6. The zero-order valence-corrected chi connectivity index (χ0v) is 17.0. The third-order valence-electron chi connectivity index (χ3n) is 4.10. The van der Waals surface area contributed by atoms with E-state index < -0.39 is 10.0 Å². The number of nitrogens with one attached hydrogen (secondary N) is 1. The maximum absolute atomic E-state index is 12.1. The number of ether oxygens (including phenoxy) is 2. The summed E-state index contributed by atoms with van der Waals surface area (Å²) in [4.78, 5) is 13.8. The number of hydrazone groups is 1. The first kappa shape index (κ1) is 21.1. The van der Waals surface area contributed by atoms with Gasteiger partial charge >= 0.3 is 5.97 Å². The highest BCUT2D eigenvalue weighted by Crippen LogP contribution is 2.14. The number of carbonyl (C=O) groups is 1. The number of benzene rings is 3. The van der Waals surface area contributed by atoms with Crippen LogP contribution in [0.5, 0.6) is 5.75 Å². The third kappa shape index (κ3) is 5.68. The SMILES string of the molecule is COC(=O)c1ccc(COc2ccc(/C=N/NS(=O)(=O)c3ccccc3)cc2)cc1. The molecule has 0 spiro atoms. The Morgan fingerprint density at radius 2 is 1.63 bits per heavy atom. The van der Waals surface area contributed by atoms with Crippen molar-refractivity contribution in [3.63, 3.8) is 0 Å². The van der Waals surface area contributed by atoms with Gasteiger partial charge in [-0.2, -0.15) is 13.5 Å². The van der Waals surface area contributed by atoms with Crippen LogP contribution in [-0.2, 0) is 21.4 Å². The van der Waals surface area contributed by atoms with Gasteiger partial charge in [-0.25, -0.2) is 9.63 Å². The molecule has 0 aliphatic rings. The lowest BCUT2D eigenvalue weighted by Gasteiger charge is -2.07. The summed E-state index contributed by atoms with van der Waals surface area (Å²) in [7, 11) is -2.35. The molecule has 30 heavy (non-hydrogen) atoms. The molecule has 0 aliphatic carbocycles. The van der Waals surface area contributed by atoms with Crippen LogP contribution in [0.4, 0.5) is 0 Å². The molecule has 3 aromatic carbocycles. The number of methoxy groups -OCH3 is 1. The molecule has 0 heterocycles. The topological polar surface area (TPSA) is 94.1 Å². The second-order valence-corrected chi connectivity index (χ2v) is 7.87. The highest BCUT2D eigenvalue weighted by molar-refractivity contribution is 7.89. The van der Waals surface area contributed by atoms with Crippen molar-refractivity contribution in [3.05, 3.63) is 95.6 Å². The smallest absolute Gasteiger partial charge is 0.337 e. The summed E-state index contributed by atoms with van der Waals surface area (Å²) in [6, 6.07) is 22.0. The molecular weight excluding hydrogens is 404 g/mol. The Morgan fingerprint density at radius 1 is 0.967 bits per heavy atom. The van der Waals surface area contributed by atoms with Crippen molar-refractivity contribution in [2.24, 2.45) is 5.10 Å². The molecule has 3 aromatic rings. The van der Waals surface area contributed by atoms with Gasteiger partial charge in [-0.15, -0.1) is 0 Å². The van der Waals surface area contributed by atoms with Crippen molar-refractivity contribution >= 4 is 22.2 Å². The van der Waals surface area contributed by atoms with E-state index >= 15 is 0 Å². The molecular formula is C22H20N2O5S. The summed E-state index contributed by atoms with van der Waals surface area (Å²) in [6.45, 7) is 0.339. The Kier molecular flexibility index (Phi) is 6.82. The summed E-state index contributed by atoms with van der Waals surface area (Å²) in [5.74, 6) is 0.264. The van der Waals surface area contributed by atoms with Gasteiger partial charge in [0.15, 0.2) is 0 Å². The van der Waals surface area contributed by atoms with Crippen LogP contribution in [-0.4, -0.2) is 27.7 Å². The first-order valence-electron chi connectivity index (χ1n) is 8.98. The average molecular weight is 424 g/mol. The molecule has 3 rings (SSSR count). The van der Waals surface area contributed by atoms with Crippen LogP contribution in [0.15, 0.2) is 88.9 Å². The molecule has 0 aromatic heterocycles. The van der Waals surface area contributed by atoms with Crippen LogP contribution in [0.3, 0.4) is 0 Å². The van der Waals surface area contributed by atoms with Gasteiger partial charge in [0.25, 0.3) is 10.0 Å². The fourth-order valence-electron chi connectivity index (χ4n) is 2.49. The van der Waals surface area contributed by atoms with Crippen molar-refractivity contribution in [1.29, 1.82) is 0 Å². The van der Waals surface area contributed by atoms with Gasteiger partial charge in [-0.1, -0.05) is 30.3 Å². The molecule has 0 saturated carbocycles. The molecule has 0 fully saturated rings. The normalized spacial score (nSPS) is 11.2. The monoisotopic (exact) mass is 424 g/mol. The Balaban J connectivity index is 1.53. The molecule has 7 nitrogen and oxygen atoms in total. The number of carbonyl (C=O) groups excluding carboxylic acids is 1. The molecule has 0 bridgehead atoms. The molecule has 154 valence electrons. The molecule has 8 heteroatoms. The molecule has 0 saturated heterocycles. The quantitative estimate of drug-likeness (QED) is 0.340. The largest absolute Gasteiger partial charge is 0.489 e. The van der Waals surface area contributed by atoms with Crippen molar-refractivity contribution in [2.45, 2.75) is 11.5 Å². The highest BCUT2D eigenvalue weighted by atomic mass is 32.2. The van der Waals surface area contributed by atoms with Crippen LogP contribution in [0.2, 0.25) is 0 Å². The minimum absolute atomic E-state index is 0.144. The van der Waals surface area contributed by atoms with E-state index in [4.69, 9.17) is 4.74 Å². The van der Waals surface area contributed by atoms with Crippen molar-refractivity contribution in [1.82, 2.24) is 4.83 Å². The molecule has 0 amide bonds. The van der Waals surface area contributed by atoms with E-state index in [1.54, 1.807) is 66.7 Å². The number of nitrogens with zero attached hydrogens (tertiary/aromatic N) is 1. The predicted molar refractivity (Wildman–Crippen MR) is 113 cm³/mol. The zero-order valence-electron chi connectivity index (χ0n) is 16.2. The van der Waals surface area contributed by atoms with Crippen molar-refractivity contribution < 1.29 is 22.7 Å².